The molecule has 0 heterocycles. The summed E-state index contributed by atoms with van der Waals surface area (Å²) in [5, 5.41) is 6.80. The summed E-state index contributed by atoms with van der Waals surface area (Å²) in [6.45, 7) is 5.31. The van der Waals surface area contributed by atoms with E-state index in [4.69, 9.17) is 0 Å². The average Bonchev–Trinajstić information content (AvgIpc) is 3.04. The van der Waals surface area contributed by atoms with Gasteiger partial charge in [0.2, 0.25) is 0 Å². The number of nitrogens with one attached hydrogen (secondary N) is 2. The minimum Gasteiger partial charge on any atom is -0.356 e. The van der Waals surface area contributed by atoms with Gasteiger partial charge in [0.25, 0.3) is 0 Å². The van der Waals surface area contributed by atoms with E-state index in [-0.39, 0.29) is 0 Å². The van der Waals surface area contributed by atoms with E-state index in [0.29, 0.717) is 6.04 Å². The fourth-order valence-electron chi connectivity index (χ4n) is 2.09. The first-order chi connectivity index (χ1) is 8.69. The number of aryl methyl sites for hydroxylation is 1. The van der Waals surface area contributed by atoms with Crippen molar-refractivity contribution >= 4 is 5.96 Å². The third-order valence-electron chi connectivity index (χ3n) is 3.44. The number of hydrogen-bond acceptors (Lipinski definition) is 1. The Balaban J connectivity index is 1.73. The predicted molar refractivity (Wildman–Crippen MR) is 76.9 cm³/mol. The van der Waals surface area contributed by atoms with Gasteiger partial charge in [-0.3, -0.25) is 4.99 Å². The fraction of sp³-hybridized carbons (Fsp3) is 0.533. The first-order valence-electron chi connectivity index (χ1n) is 6.72. The van der Waals surface area contributed by atoms with Crippen LogP contribution in [-0.4, -0.2) is 25.6 Å². The molecule has 0 radical (unpaired) electrons. The molecule has 98 valence electrons. The molecule has 18 heavy (non-hydrogen) atoms. The quantitative estimate of drug-likeness (QED) is 0.629. The van der Waals surface area contributed by atoms with Crippen LogP contribution in [0.25, 0.3) is 0 Å². The highest BCUT2D eigenvalue weighted by Gasteiger charge is 2.33. The molecule has 0 spiro atoms. The first kappa shape index (κ1) is 12.9. The molecule has 1 aromatic carbocycles. The standard InChI is InChI=1S/C15H23N3/c1-11-5-4-6-13(9-11)7-8-17-15(16-3)18-14-10-12(14)2/h4-6,9,12,14H,7-8,10H2,1-3H3,(H2,16,17,18). The molecule has 2 rings (SSSR count). The molecule has 1 fully saturated rings. The molecule has 2 unspecified atom stereocenters. The molecule has 0 bridgehead atoms. The van der Waals surface area contributed by atoms with Crippen LogP contribution in [0.2, 0.25) is 0 Å². The van der Waals surface area contributed by atoms with Gasteiger partial charge >= 0.3 is 0 Å². The van der Waals surface area contributed by atoms with Crippen LogP contribution >= 0.6 is 0 Å². The van der Waals surface area contributed by atoms with Crippen LogP contribution in [0.4, 0.5) is 0 Å². The number of hydrogen-bond donors (Lipinski definition) is 2. The van der Waals surface area contributed by atoms with E-state index < -0.39 is 0 Å². The topological polar surface area (TPSA) is 36.4 Å². The Morgan fingerprint density at radius 2 is 2.22 bits per heavy atom. The summed E-state index contributed by atoms with van der Waals surface area (Å²) in [7, 11) is 1.83. The third-order valence-corrected chi connectivity index (χ3v) is 3.44. The van der Waals surface area contributed by atoms with E-state index in [1.54, 1.807) is 0 Å². The maximum Gasteiger partial charge on any atom is 0.191 e. The minimum absolute atomic E-state index is 0.621. The molecule has 0 aromatic heterocycles. The van der Waals surface area contributed by atoms with Gasteiger partial charge in [0.15, 0.2) is 5.96 Å². The molecule has 1 aliphatic rings. The van der Waals surface area contributed by atoms with Crippen molar-refractivity contribution in [3.8, 4) is 0 Å². The number of aliphatic imine (C=N–C) groups is 1. The van der Waals surface area contributed by atoms with Crippen LogP contribution in [0.15, 0.2) is 29.3 Å². The lowest BCUT2D eigenvalue weighted by Gasteiger charge is -2.11. The molecule has 1 aliphatic carbocycles. The second-order valence-corrected chi connectivity index (χ2v) is 5.20. The van der Waals surface area contributed by atoms with E-state index >= 15 is 0 Å². The minimum atomic E-state index is 0.621. The maximum atomic E-state index is 4.25. The molecule has 2 N–H and O–H groups in total. The lowest BCUT2D eigenvalue weighted by atomic mass is 10.1. The summed E-state index contributed by atoms with van der Waals surface area (Å²) in [6, 6.07) is 9.28. The summed E-state index contributed by atoms with van der Waals surface area (Å²) in [5.41, 5.74) is 2.69. The first-order valence-corrected chi connectivity index (χ1v) is 6.72. The number of rotatable bonds is 4. The number of nitrogens with zero attached hydrogens (tertiary/aromatic N) is 1. The van der Waals surface area contributed by atoms with Crippen LogP contribution in [-0.2, 0) is 6.42 Å². The van der Waals surface area contributed by atoms with Crippen LogP contribution < -0.4 is 10.6 Å². The van der Waals surface area contributed by atoms with Gasteiger partial charge in [-0.25, -0.2) is 0 Å². The summed E-state index contributed by atoms with van der Waals surface area (Å²) < 4.78 is 0. The van der Waals surface area contributed by atoms with Gasteiger partial charge in [-0.1, -0.05) is 36.8 Å². The van der Waals surface area contributed by atoms with Crippen molar-refractivity contribution in [1.82, 2.24) is 10.6 Å². The average molecular weight is 245 g/mol. The summed E-state index contributed by atoms with van der Waals surface area (Å²) in [6.07, 6.45) is 2.29. The van der Waals surface area contributed by atoms with Gasteiger partial charge in [-0.2, -0.15) is 0 Å². The molecule has 2 atom stereocenters. The highest BCUT2D eigenvalue weighted by atomic mass is 15.2. The van der Waals surface area contributed by atoms with Crippen molar-refractivity contribution in [3.63, 3.8) is 0 Å². The lowest BCUT2D eigenvalue weighted by molar-refractivity contribution is 0.758. The van der Waals surface area contributed by atoms with E-state index in [1.165, 1.54) is 17.5 Å². The second-order valence-electron chi connectivity index (χ2n) is 5.20. The predicted octanol–water partition coefficient (Wildman–Crippen LogP) is 2.11. The number of benzene rings is 1. The van der Waals surface area contributed by atoms with Gasteiger partial charge in [0.1, 0.15) is 0 Å². The maximum absolute atomic E-state index is 4.25. The molecular weight excluding hydrogens is 222 g/mol. The van der Waals surface area contributed by atoms with E-state index in [9.17, 15) is 0 Å². The Morgan fingerprint density at radius 1 is 1.44 bits per heavy atom. The third kappa shape index (κ3) is 3.76. The monoisotopic (exact) mass is 245 g/mol. The van der Waals surface area contributed by atoms with Crippen molar-refractivity contribution in [1.29, 1.82) is 0 Å². The SMILES string of the molecule is CN=C(NCCc1cccc(C)c1)NC1CC1C. The largest absolute Gasteiger partial charge is 0.356 e. The molecule has 3 heteroatoms. The van der Waals surface area contributed by atoms with Crippen LogP contribution in [0.5, 0.6) is 0 Å². The number of guanidine groups is 1. The van der Waals surface area contributed by atoms with Crippen molar-refractivity contribution in [2.75, 3.05) is 13.6 Å². The molecule has 3 nitrogen and oxygen atoms in total. The van der Waals surface area contributed by atoms with Gasteiger partial charge in [-0.05, 0) is 31.2 Å². The molecule has 1 saturated carbocycles. The Morgan fingerprint density at radius 3 is 2.83 bits per heavy atom. The van der Waals surface area contributed by atoms with E-state index in [0.717, 1.165) is 24.8 Å². The normalized spacial score (nSPS) is 22.7. The van der Waals surface area contributed by atoms with Crippen molar-refractivity contribution < 1.29 is 0 Å². The Bertz CT molecular complexity index is 426. The molecule has 0 saturated heterocycles. The highest BCUT2D eigenvalue weighted by molar-refractivity contribution is 5.80. The lowest BCUT2D eigenvalue weighted by Crippen LogP contribution is -2.39. The van der Waals surface area contributed by atoms with Gasteiger partial charge in [0, 0.05) is 19.6 Å². The van der Waals surface area contributed by atoms with Crippen LogP contribution in [0, 0.1) is 12.8 Å². The zero-order chi connectivity index (χ0) is 13.0. The van der Waals surface area contributed by atoms with Crippen molar-refractivity contribution in [2.24, 2.45) is 10.9 Å². The molecule has 0 amide bonds. The zero-order valence-corrected chi connectivity index (χ0v) is 11.5. The molecule has 0 aliphatic heterocycles. The van der Waals surface area contributed by atoms with Crippen molar-refractivity contribution in [2.45, 2.75) is 32.7 Å². The van der Waals surface area contributed by atoms with E-state index in [2.05, 4.69) is 53.7 Å². The van der Waals surface area contributed by atoms with E-state index in [1.807, 2.05) is 7.05 Å². The summed E-state index contributed by atoms with van der Waals surface area (Å²) in [5.74, 6) is 1.72. The summed E-state index contributed by atoms with van der Waals surface area (Å²) >= 11 is 0. The van der Waals surface area contributed by atoms with Crippen LogP contribution in [0.3, 0.4) is 0 Å². The fourth-order valence-corrected chi connectivity index (χ4v) is 2.09. The van der Waals surface area contributed by atoms with Gasteiger partial charge in [-0.15, -0.1) is 0 Å². The highest BCUT2D eigenvalue weighted by Crippen LogP contribution is 2.28. The van der Waals surface area contributed by atoms with Crippen LogP contribution in [0.1, 0.15) is 24.5 Å². The Hall–Kier alpha value is -1.51. The molecular formula is C15H23N3. The summed E-state index contributed by atoms with van der Waals surface area (Å²) in [4.78, 5) is 4.25. The zero-order valence-electron chi connectivity index (χ0n) is 11.5. The van der Waals surface area contributed by atoms with Gasteiger partial charge < -0.3 is 10.6 Å². The Labute approximate surface area is 110 Å². The second kappa shape index (κ2) is 5.89. The Kier molecular flexibility index (Phi) is 4.24. The molecule has 1 aromatic rings. The smallest absolute Gasteiger partial charge is 0.191 e. The van der Waals surface area contributed by atoms with Gasteiger partial charge in [0.05, 0.1) is 0 Å². The van der Waals surface area contributed by atoms with Crippen molar-refractivity contribution in [3.05, 3.63) is 35.4 Å².